The van der Waals surface area contributed by atoms with Crippen molar-refractivity contribution in [2.24, 2.45) is 0 Å². The monoisotopic (exact) mass is 369 g/mol. The summed E-state index contributed by atoms with van der Waals surface area (Å²) in [5.41, 5.74) is 5.33. The third-order valence-corrected chi connectivity index (χ3v) is 5.87. The van der Waals surface area contributed by atoms with E-state index in [1.807, 2.05) is 12.1 Å². The van der Waals surface area contributed by atoms with Gasteiger partial charge in [-0.15, -0.1) is 0 Å². The fourth-order valence-corrected chi connectivity index (χ4v) is 4.73. The Bertz CT molecular complexity index is 914. The number of phenolic OH excluding ortho intramolecular Hbond substituents is 2. The van der Waals surface area contributed by atoms with Crippen molar-refractivity contribution in [2.75, 3.05) is 20.8 Å². The molecular weight excluding hydrogens is 342 g/mol. The van der Waals surface area contributed by atoms with Crippen molar-refractivity contribution in [3.8, 4) is 34.1 Å². The average Bonchev–Trinajstić information content (AvgIpc) is 2.60. The second kappa shape index (κ2) is 6.06. The number of ether oxygens (including phenoxy) is 2. The lowest BCUT2D eigenvalue weighted by atomic mass is 9.75. The molecule has 2 aliphatic rings. The molecule has 1 aliphatic heterocycles. The summed E-state index contributed by atoms with van der Waals surface area (Å²) in [5.74, 6) is 1.21. The van der Waals surface area contributed by atoms with Gasteiger partial charge in [0.15, 0.2) is 23.0 Å². The fraction of sp³-hybridized carbons (Fsp3) is 0.455. The first-order valence-electron chi connectivity index (χ1n) is 9.36. The molecule has 5 heteroatoms. The first-order chi connectivity index (χ1) is 12.8. The van der Waals surface area contributed by atoms with Crippen molar-refractivity contribution in [2.45, 2.75) is 45.2 Å². The van der Waals surface area contributed by atoms with Gasteiger partial charge >= 0.3 is 0 Å². The van der Waals surface area contributed by atoms with Crippen LogP contribution in [0.2, 0.25) is 0 Å². The Balaban J connectivity index is 2.04. The third-order valence-electron chi connectivity index (χ3n) is 5.87. The van der Waals surface area contributed by atoms with Crippen molar-refractivity contribution in [1.82, 2.24) is 4.90 Å². The number of nitrogens with zero attached hydrogens (tertiary/aromatic N) is 1. The van der Waals surface area contributed by atoms with E-state index in [9.17, 15) is 10.2 Å². The van der Waals surface area contributed by atoms with E-state index in [4.69, 9.17) is 9.47 Å². The van der Waals surface area contributed by atoms with Crippen LogP contribution in [-0.2, 0) is 12.8 Å². The number of hydrogen-bond donors (Lipinski definition) is 2. The fourth-order valence-electron chi connectivity index (χ4n) is 4.73. The van der Waals surface area contributed by atoms with E-state index in [2.05, 4.69) is 25.7 Å². The van der Waals surface area contributed by atoms with Crippen molar-refractivity contribution in [1.29, 1.82) is 0 Å². The predicted octanol–water partition coefficient (Wildman–Crippen LogP) is 4.04. The highest BCUT2D eigenvalue weighted by Gasteiger charge is 2.41. The van der Waals surface area contributed by atoms with Crippen molar-refractivity contribution in [3.05, 3.63) is 34.9 Å². The predicted molar refractivity (Wildman–Crippen MR) is 105 cm³/mol. The van der Waals surface area contributed by atoms with E-state index in [1.54, 1.807) is 20.3 Å². The minimum atomic E-state index is 0.0107. The summed E-state index contributed by atoms with van der Waals surface area (Å²) in [4.78, 5) is 2.51. The second-order valence-electron chi connectivity index (χ2n) is 8.39. The minimum Gasteiger partial charge on any atom is -0.504 e. The molecule has 0 fully saturated rings. The van der Waals surface area contributed by atoms with Gasteiger partial charge in [-0.05, 0) is 74.1 Å². The summed E-state index contributed by atoms with van der Waals surface area (Å²) in [7, 11) is 3.13. The van der Waals surface area contributed by atoms with E-state index in [-0.39, 0.29) is 23.1 Å². The standard InChI is InChI=1S/C22H27NO4/c1-22(2,3)23-7-6-12-9-17(25)21(27-5)20-14-11-18(26-4)16(24)10-13(14)8-15(23)19(12)20/h9-11,15,24-25H,6-8H2,1-5H3. The zero-order chi connectivity index (χ0) is 19.5. The number of aromatic hydroxyl groups is 2. The maximum atomic E-state index is 10.6. The maximum Gasteiger partial charge on any atom is 0.168 e. The number of phenols is 2. The van der Waals surface area contributed by atoms with Gasteiger partial charge in [-0.2, -0.15) is 0 Å². The molecule has 27 heavy (non-hydrogen) atoms. The molecule has 4 rings (SSSR count). The molecule has 144 valence electrons. The SMILES string of the molecule is COc1cc2c(cc1O)CC1c3c(cc(O)c(OC)c3-2)CCN1C(C)(C)C. The zero-order valence-electron chi connectivity index (χ0n) is 16.6. The topological polar surface area (TPSA) is 62.2 Å². The van der Waals surface area contributed by atoms with Crippen LogP contribution < -0.4 is 9.47 Å². The molecule has 0 saturated carbocycles. The average molecular weight is 369 g/mol. The molecule has 0 amide bonds. The number of hydrogen-bond acceptors (Lipinski definition) is 5. The van der Waals surface area contributed by atoms with Crippen LogP contribution >= 0.6 is 0 Å². The summed E-state index contributed by atoms with van der Waals surface area (Å²) in [6, 6.07) is 5.68. The lowest BCUT2D eigenvalue weighted by molar-refractivity contribution is 0.0720. The number of methoxy groups -OCH3 is 2. The lowest BCUT2D eigenvalue weighted by Gasteiger charge is -2.48. The number of rotatable bonds is 2. The van der Waals surface area contributed by atoms with E-state index in [1.165, 1.54) is 11.1 Å². The van der Waals surface area contributed by atoms with Gasteiger partial charge in [-0.25, -0.2) is 0 Å². The van der Waals surface area contributed by atoms with Crippen LogP contribution in [0.1, 0.15) is 43.5 Å². The highest BCUT2D eigenvalue weighted by Crippen LogP contribution is 2.54. The van der Waals surface area contributed by atoms with Crippen molar-refractivity contribution < 1.29 is 19.7 Å². The molecule has 0 spiro atoms. The molecule has 1 heterocycles. The zero-order valence-corrected chi connectivity index (χ0v) is 16.6. The van der Waals surface area contributed by atoms with Gasteiger partial charge in [0.05, 0.1) is 14.2 Å². The Hall–Kier alpha value is -2.40. The van der Waals surface area contributed by atoms with E-state index >= 15 is 0 Å². The molecule has 0 bridgehead atoms. The van der Waals surface area contributed by atoms with Crippen LogP contribution in [-0.4, -0.2) is 41.4 Å². The molecule has 5 nitrogen and oxygen atoms in total. The molecular formula is C22H27NO4. The summed E-state index contributed by atoms with van der Waals surface area (Å²) in [5, 5.41) is 20.9. The van der Waals surface area contributed by atoms with Crippen LogP contribution in [0.25, 0.3) is 11.1 Å². The summed E-state index contributed by atoms with van der Waals surface area (Å²) >= 11 is 0. The van der Waals surface area contributed by atoms with Crippen LogP contribution in [0.3, 0.4) is 0 Å². The Labute approximate surface area is 160 Å². The Kier molecular flexibility index (Phi) is 4.04. The third kappa shape index (κ3) is 2.64. The highest BCUT2D eigenvalue weighted by molar-refractivity contribution is 5.84. The van der Waals surface area contributed by atoms with Gasteiger partial charge in [-0.1, -0.05) is 0 Å². The number of benzene rings is 2. The van der Waals surface area contributed by atoms with Crippen molar-refractivity contribution >= 4 is 0 Å². The van der Waals surface area contributed by atoms with Gasteiger partial charge in [0.1, 0.15) is 0 Å². The van der Waals surface area contributed by atoms with Gasteiger partial charge in [0, 0.05) is 23.7 Å². The first kappa shape index (κ1) is 18.0. The largest absolute Gasteiger partial charge is 0.504 e. The second-order valence-corrected chi connectivity index (χ2v) is 8.39. The number of fused-ring (bicyclic) bond motifs is 2. The van der Waals surface area contributed by atoms with Gasteiger partial charge < -0.3 is 19.7 Å². The Morgan fingerprint density at radius 2 is 1.70 bits per heavy atom. The quantitative estimate of drug-likeness (QED) is 0.837. The van der Waals surface area contributed by atoms with Crippen LogP contribution in [0.5, 0.6) is 23.0 Å². The van der Waals surface area contributed by atoms with Gasteiger partial charge in [0.2, 0.25) is 0 Å². The normalized spacial score (nSPS) is 18.6. The summed E-state index contributed by atoms with van der Waals surface area (Å²) in [6.07, 6.45) is 1.69. The maximum absolute atomic E-state index is 10.6. The Morgan fingerprint density at radius 1 is 1.00 bits per heavy atom. The summed E-state index contributed by atoms with van der Waals surface area (Å²) < 4.78 is 11.0. The Morgan fingerprint density at radius 3 is 2.33 bits per heavy atom. The highest BCUT2D eigenvalue weighted by atomic mass is 16.5. The van der Waals surface area contributed by atoms with Crippen LogP contribution in [0, 0.1) is 0 Å². The molecule has 1 atom stereocenters. The molecule has 2 aromatic carbocycles. The van der Waals surface area contributed by atoms with Gasteiger partial charge in [-0.3, -0.25) is 4.90 Å². The molecule has 0 saturated heterocycles. The smallest absolute Gasteiger partial charge is 0.168 e. The molecule has 1 unspecified atom stereocenters. The minimum absolute atomic E-state index is 0.0107. The first-order valence-corrected chi connectivity index (χ1v) is 9.36. The van der Waals surface area contributed by atoms with Crippen molar-refractivity contribution in [3.63, 3.8) is 0 Å². The molecule has 2 N–H and O–H groups in total. The van der Waals surface area contributed by atoms with Crippen LogP contribution in [0.15, 0.2) is 18.2 Å². The molecule has 1 aliphatic carbocycles. The summed E-state index contributed by atoms with van der Waals surface area (Å²) in [6.45, 7) is 7.63. The molecule has 0 aromatic heterocycles. The van der Waals surface area contributed by atoms with E-state index in [0.29, 0.717) is 11.5 Å². The van der Waals surface area contributed by atoms with Crippen LogP contribution in [0.4, 0.5) is 0 Å². The lowest BCUT2D eigenvalue weighted by Crippen LogP contribution is -2.49. The molecule has 2 aromatic rings. The van der Waals surface area contributed by atoms with Gasteiger partial charge in [0.25, 0.3) is 0 Å². The van der Waals surface area contributed by atoms with E-state index < -0.39 is 0 Å². The molecule has 0 radical (unpaired) electrons. The van der Waals surface area contributed by atoms with E-state index in [0.717, 1.165) is 36.1 Å².